The lowest BCUT2D eigenvalue weighted by Crippen LogP contribution is -2.45. The minimum atomic E-state index is 0. The molecule has 2 aliphatic heterocycles. The van der Waals surface area contributed by atoms with Crippen molar-refractivity contribution in [3.05, 3.63) is 23.9 Å². The Morgan fingerprint density at radius 1 is 1.16 bits per heavy atom. The maximum atomic E-state index is 5.82. The molecule has 3 rings (SSSR count). The van der Waals surface area contributed by atoms with E-state index in [4.69, 9.17) is 4.74 Å². The van der Waals surface area contributed by atoms with E-state index in [2.05, 4.69) is 63.3 Å². The molecule has 2 N–H and O–H groups in total. The highest BCUT2D eigenvalue weighted by molar-refractivity contribution is 14.0. The number of hydrogen-bond acceptors (Lipinski definition) is 5. The Hall–Kier alpha value is -1.13. The van der Waals surface area contributed by atoms with Gasteiger partial charge in [0.15, 0.2) is 5.96 Å². The Kier molecular flexibility index (Phi) is 11.3. The van der Waals surface area contributed by atoms with Gasteiger partial charge in [0.05, 0.1) is 12.2 Å². The summed E-state index contributed by atoms with van der Waals surface area (Å²) < 4.78 is 5.82. The van der Waals surface area contributed by atoms with Crippen LogP contribution in [0.3, 0.4) is 0 Å². The Balaban J connectivity index is 0.00000341. The number of ether oxygens (including phenoxy) is 1. The van der Waals surface area contributed by atoms with Crippen LogP contribution in [0.5, 0.6) is 0 Å². The molecule has 176 valence electrons. The molecule has 2 aliphatic rings. The molecule has 1 aromatic rings. The molecule has 0 spiro atoms. The number of aliphatic imine (C=N–C) groups is 1. The maximum absolute atomic E-state index is 5.82. The van der Waals surface area contributed by atoms with Crippen molar-refractivity contribution in [1.29, 1.82) is 0 Å². The van der Waals surface area contributed by atoms with Crippen LogP contribution < -0.4 is 15.5 Å². The summed E-state index contributed by atoms with van der Waals surface area (Å²) in [7, 11) is 1.82. The van der Waals surface area contributed by atoms with E-state index in [0.29, 0.717) is 6.54 Å². The van der Waals surface area contributed by atoms with Gasteiger partial charge in [0.2, 0.25) is 0 Å². The second-order valence-corrected chi connectivity index (χ2v) is 8.77. The number of aromatic nitrogens is 1. The fourth-order valence-electron chi connectivity index (χ4n) is 4.46. The number of guanidine groups is 1. The van der Waals surface area contributed by atoms with Crippen molar-refractivity contribution in [1.82, 2.24) is 20.5 Å². The second kappa shape index (κ2) is 13.4. The van der Waals surface area contributed by atoms with E-state index in [1.807, 2.05) is 13.2 Å². The fourth-order valence-corrected chi connectivity index (χ4v) is 4.46. The van der Waals surface area contributed by atoms with Crippen molar-refractivity contribution in [2.75, 3.05) is 44.7 Å². The van der Waals surface area contributed by atoms with E-state index in [-0.39, 0.29) is 36.2 Å². The Morgan fingerprint density at radius 3 is 2.58 bits per heavy atom. The van der Waals surface area contributed by atoms with Crippen LogP contribution in [0, 0.1) is 0 Å². The minimum Gasteiger partial charge on any atom is -0.372 e. The number of anilines is 1. The van der Waals surface area contributed by atoms with Crippen LogP contribution in [0.4, 0.5) is 5.82 Å². The van der Waals surface area contributed by atoms with Crippen LogP contribution in [0.2, 0.25) is 0 Å². The van der Waals surface area contributed by atoms with E-state index in [1.54, 1.807) is 0 Å². The van der Waals surface area contributed by atoms with Gasteiger partial charge >= 0.3 is 0 Å². The van der Waals surface area contributed by atoms with Gasteiger partial charge in [-0.25, -0.2) is 4.98 Å². The number of piperidine rings is 1. The third-order valence-corrected chi connectivity index (χ3v) is 6.09. The van der Waals surface area contributed by atoms with E-state index in [0.717, 1.165) is 56.0 Å². The number of nitrogens with one attached hydrogen (secondary N) is 2. The van der Waals surface area contributed by atoms with E-state index in [1.165, 1.54) is 25.8 Å². The van der Waals surface area contributed by atoms with Crippen molar-refractivity contribution >= 4 is 35.8 Å². The third-order valence-electron chi connectivity index (χ3n) is 6.09. The number of hydrogen-bond donors (Lipinski definition) is 2. The lowest BCUT2D eigenvalue weighted by molar-refractivity contribution is -0.00545. The van der Waals surface area contributed by atoms with Crippen LogP contribution in [-0.2, 0) is 11.3 Å². The molecule has 0 aromatic carbocycles. The predicted molar refractivity (Wildman–Crippen MR) is 140 cm³/mol. The summed E-state index contributed by atoms with van der Waals surface area (Å²) in [6, 6.07) is 4.98. The lowest BCUT2D eigenvalue weighted by Gasteiger charge is -2.36. The molecule has 3 atom stereocenters. The SMILES string of the molecule is CN=C(NCCCN1CCCCC1C)NCc1ccc(N2CC(C)OC(C)C2)nc1.I. The molecule has 8 heteroatoms. The van der Waals surface area contributed by atoms with Gasteiger partial charge in [0, 0.05) is 52.0 Å². The van der Waals surface area contributed by atoms with Gasteiger partial charge in [-0.05, 0) is 58.2 Å². The van der Waals surface area contributed by atoms with Crippen molar-refractivity contribution < 1.29 is 4.74 Å². The summed E-state index contributed by atoms with van der Waals surface area (Å²) in [6.07, 6.45) is 7.64. The first kappa shape index (κ1) is 26.1. The number of rotatable bonds is 7. The van der Waals surface area contributed by atoms with Crippen molar-refractivity contribution in [2.45, 2.75) is 71.2 Å². The van der Waals surface area contributed by atoms with Gasteiger partial charge in [-0.1, -0.05) is 12.5 Å². The largest absolute Gasteiger partial charge is 0.372 e. The normalized spacial score (nSPS) is 25.1. The lowest BCUT2D eigenvalue weighted by atomic mass is 10.0. The number of likely N-dealkylation sites (tertiary alicyclic amines) is 1. The summed E-state index contributed by atoms with van der Waals surface area (Å²) in [6.45, 7) is 12.4. The second-order valence-electron chi connectivity index (χ2n) is 8.77. The first-order chi connectivity index (χ1) is 14.5. The Morgan fingerprint density at radius 2 is 1.94 bits per heavy atom. The zero-order chi connectivity index (χ0) is 21.3. The summed E-state index contributed by atoms with van der Waals surface area (Å²) >= 11 is 0. The van der Waals surface area contributed by atoms with Crippen molar-refractivity contribution in [3.63, 3.8) is 0 Å². The Bertz CT molecular complexity index is 661. The molecular weight excluding hydrogens is 503 g/mol. The smallest absolute Gasteiger partial charge is 0.191 e. The topological polar surface area (TPSA) is 65.0 Å². The summed E-state index contributed by atoms with van der Waals surface area (Å²) in [5, 5.41) is 6.83. The van der Waals surface area contributed by atoms with Gasteiger partial charge < -0.3 is 25.2 Å². The minimum absolute atomic E-state index is 0. The van der Waals surface area contributed by atoms with Crippen LogP contribution in [0.25, 0.3) is 0 Å². The molecule has 0 aliphatic carbocycles. The molecule has 2 fully saturated rings. The maximum Gasteiger partial charge on any atom is 0.191 e. The predicted octanol–water partition coefficient (Wildman–Crippen LogP) is 3.24. The molecule has 2 saturated heterocycles. The quantitative estimate of drug-likeness (QED) is 0.238. The molecule has 7 nitrogen and oxygen atoms in total. The van der Waals surface area contributed by atoms with Crippen molar-refractivity contribution in [2.24, 2.45) is 4.99 Å². The molecule has 3 heterocycles. The molecule has 0 saturated carbocycles. The summed E-state index contributed by atoms with van der Waals surface area (Å²) in [5.41, 5.74) is 1.15. The highest BCUT2D eigenvalue weighted by Crippen LogP contribution is 2.18. The molecule has 0 bridgehead atoms. The molecule has 31 heavy (non-hydrogen) atoms. The third kappa shape index (κ3) is 8.38. The van der Waals surface area contributed by atoms with Gasteiger partial charge in [-0.2, -0.15) is 0 Å². The Labute approximate surface area is 205 Å². The molecule has 0 radical (unpaired) electrons. The average molecular weight is 545 g/mol. The van der Waals surface area contributed by atoms with Gasteiger partial charge in [0.25, 0.3) is 0 Å². The molecule has 1 aromatic heterocycles. The van der Waals surface area contributed by atoms with E-state index < -0.39 is 0 Å². The summed E-state index contributed by atoms with van der Waals surface area (Å²) in [4.78, 5) is 13.9. The van der Waals surface area contributed by atoms with E-state index in [9.17, 15) is 0 Å². The van der Waals surface area contributed by atoms with E-state index >= 15 is 0 Å². The van der Waals surface area contributed by atoms with Crippen LogP contribution in [0.15, 0.2) is 23.3 Å². The molecule has 3 unspecified atom stereocenters. The first-order valence-corrected chi connectivity index (χ1v) is 11.6. The fraction of sp³-hybridized carbons (Fsp3) is 0.739. The highest BCUT2D eigenvalue weighted by Gasteiger charge is 2.23. The van der Waals surface area contributed by atoms with Gasteiger partial charge in [-0.15, -0.1) is 24.0 Å². The van der Waals surface area contributed by atoms with Gasteiger partial charge in [-0.3, -0.25) is 4.99 Å². The number of pyridine rings is 1. The van der Waals surface area contributed by atoms with Gasteiger partial charge in [0.1, 0.15) is 5.82 Å². The first-order valence-electron chi connectivity index (χ1n) is 11.6. The zero-order valence-electron chi connectivity index (χ0n) is 19.6. The average Bonchev–Trinajstić information content (AvgIpc) is 2.74. The standard InChI is InChI=1S/C23H40N6O.HI/c1-18-8-5-6-12-28(18)13-7-11-25-23(24-4)27-15-21-9-10-22(26-14-21)29-16-19(2)30-20(3)17-29;/h9-10,14,18-20H,5-8,11-13,15-17H2,1-4H3,(H2,24,25,27);1H. The highest BCUT2D eigenvalue weighted by atomic mass is 127. The number of halogens is 1. The monoisotopic (exact) mass is 544 g/mol. The zero-order valence-corrected chi connectivity index (χ0v) is 22.0. The summed E-state index contributed by atoms with van der Waals surface area (Å²) in [5.74, 6) is 1.87. The number of morpholine rings is 1. The molecular formula is C23H41IN6O. The van der Waals surface area contributed by atoms with Crippen LogP contribution >= 0.6 is 24.0 Å². The van der Waals surface area contributed by atoms with Crippen LogP contribution in [0.1, 0.15) is 52.0 Å². The van der Waals surface area contributed by atoms with Crippen molar-refractivity contribution in [3.8, 4) is 0 Å². The molecule has 0 amide bonds. The number of nitrogens with zero attached hydrogens (tertiary/aromatic N) is 4. The van der Waals surface area contributed by atoms with Crippen LogP contribution in [-0.4, -0.2) is 73.9 Å².